The molecule has 1 aliphatic heterocycles. The molecule has 1 aliphatic carbocycles. The molecule has 1 fully saturated rings. The van der Waals surface area contributed by atoms with E-state index in [0.717, 1.165) is 61.9 Å². The van der Waals surface area contributed by atoms with Crippen LogP contribution in [0.15, 0.2) is 22.6 Å². The molecule has 2 heterocycles. The Hall–Kier alpha value is -2.21. The largest absolute Gasteiger partial charge is 0.490 e. The number of fused-ring (bicyclic) bond motifs is 3. The Morgan fingerprint density at radius 2 is 2.07 bits per heavy atom. The standard InChI is InChI=1S/C24H35N3O3/c1-4-29-21-7-5-6-20-19-13-15-27(16-22(19)30-23(20)21)14-12-17-8-10-18(11-9-17)25-24(28)26(2)3/h5-7,17-18H,4,8-16H2,1-3H3,(H,25,28). The lowest BCUT2D eigenvalue weighted by atomic mass is 9.84. The number of carbonyl (C=O) groups is 1. The van der Waals surface area contributed by atoms with E-state index in [1.807, 2.05) is 13.0 Å². The molecular formula is C24H35N3O3. The van der Waals surface area contributed by atoms with Crippen molar-refractivity contribution in [1.82, 2.24) is 15.1 Å². The highest BCUT2D eigenvalue weighted by Crippen LogP contribution is 2.36. The number of benzene rings is 1. The van der Waals surface area contributed by atoms with E-state index in [9.17, 15) is 4.79 Å². The highest BCUT2D eigenvalue weighted by Gasteiger charge is 2.26. The van der Waals surface area contributed by atoms with E-state index in [1.54, 1.807) is 19.0 Å². The van der Waals surface area contributed by atoms with Gasteiger partial charge in [-0.2, -0.15) is 0 Å². The topological polar surface area (TPSA) is 58.0 Å². The second kappa shape index (κ2) is 9.29. The molecule has 0 bridgehead atoms. The first-order valence-corrected chi connectivity index (χ1v) is 11.4. The van der Waals surface area contributed by atoms with Gasteiger partial charge in [-0.05, 0) is 64.0 Å². The molecule has 2 aliphatic rings. The quantitative estimate of drug-likeness (QED) is 0.762. The van der Waals surface area contributed by atoms with Gasteiger partial charge < -0.3 is 19.4 Å². The van der Waals surface area contributed by atoms with Crippen LogP contribution in [0.5, 0.6) is 5.75 Å². The van der Waals surface area contributed by atoms with Gasteiger partial charge in [0, 0.05) is 37.6 Å². The van der Waals surface area contributed by atoms with Gasteiger partial charge in [0.2, 0.25) is 0 Å². The number of urea groups is 1. The van der Waals surface area contributed by atoms with E-state index in [2.05, 4.69) is 22.3 Å². The van der Waals surface area contributed by atoms with E-state index in [1.165, 1.54) is 30.2 Å². The first kappa shape index (κ1) is 21.0. The molecule has 0 radical (unpaired) electrons. The fourth-order valence-electron chi connectivity index (χ4n) is 4.87. The molecular weight excluding hydrogens is 378 g/mol. The van der Waals surface area contributed by atoms with Crippen molar-refractivity contribution in [3.05, 3.63) is 29.5 Å². The maximum Gasteiger partial charge on any atom is 0.317 e. The van der Waals surface area contributed by atoms with Crippen LogP contribution in [0.2, 0.25) is 0 Å². The maximum absolute atomic E-state index is 11.8. The van der Waals surface area contributed by atoms with Crippen molar-refractivity contribution in [2.24, 2.45) is 5.92 Å². The number of furan rings is 1. The van der Waals surface area contributed by atoms with E-state index in [-0.39, 0.29) is 6.03 Å². The number of hydrogen-bond donors (Lipinski definition) is 1. The van der Waals surface area contributed by atoms with Crippen molar-refractivity contribution in [2.45, 2.75) is 58.0 Å². The maximum atomic E-state index is 11.8. The van der Waals surface area contributed by atoms with Gasteiger partial charge in [-0.3, -0.25) is 4.90 Å². The lowest BCUT2D eigenvalue weighted by Crippen LogP contribution is -2.43. The fourth-order valence-corrected chi connectivity index (χ4v) is 4.87. The third-order valence-electron chi connectivity index (χ3n) is 6.65. The first-order chi connectivity index (χ1) is 14.5. The van der Waals surface area contributed by atoms with Crippen molar-refractivity contribution >= 4 is 17.0 Å². The molecule has 0 atom stereocenters. The van der Waals surface area contributed by atoms with Crippen LogP contribution in [0.3, 0.4) is 0 Å². The van der Waals surface area contributed by atoms with Gasteiger partial charge in [-0.1, -0.05) is 12.1 Å². The van der Waals surface area contributed by atoms with Gasteiger partial charge in [0.15, 0.2) is 11.3 Å². The Bertz CT molecular complexity index is 868. The molecule has 4 rings (SSSR count). The molecule has 2 aromatic rings. The minimum Gasteiger partial charge on any atom is -0.490 e. The van der Waals surface area contributed by atoms with Crippen molar-refractivity contribution in [3.63, 3.8) is 0 Å². The molecule has 1 saturated carbocycles. The first-order valence-electron chi connectivity index (χ1n) is 11.4. The number of para-hydroxylation sites is 1. The van der Waals surface area contributed by atoms with Crippen LogP contribution < -0.4 is 10.1 Å². The summed E-state index contributed by atoms with van der Waals surface area (Å²) in [5, 5.41) is 4.35. The third-order valence-corrected chi connectivity index (χ3v) is 6.65. The van der Waals surface area contributed by atoms with E-state index < -0.39 is 0 Å². The highest BCUT2D eigenvalue weighted by molar-refractivity contribution is 5.87. The lowest BCUT2D eigenvalue weighted by Gasteiger charge is -2.32. The Labute approximate surface area is 179 Å². The average Bonchev–Trinajstić information content (AvgIpc) is 3.12. The molecule has 30 heavy (non-hydrogen) atoms. The minimum absolute atomic E-state index is 0.0286. The highest BCUT2D eigenvalue weighted by atomic mass is 16.5. The summed E-state index contributed by atoms with van der Waals surface area (Å²) in [7, 11) is 3.59. The van der Waals surface area contributed by atoms with Crippen LogP contribution in [0.1, 0.15) is 50.4 Å². The van der Waals surface area contributed by atoms with Crippen molar-refractivity contribution in [1.29, 1.82) is 0 Å². The summed E-state index contributed by atoms with van der Waals surface area (Å²) in [6, 6.07) is 6.58. The predicted octanol–water partition coefficient (Wildman–Crippen LogP) is 4.41. The van der Waals surface area contributed by atoms with Gasteiger partial charge in [-0.15, -0.1) is 0 Å². The Balaban J connectivity index is 1.29. The number of rotatable bonds is 6. The number of amides is 2. The molecule has 0 saturated heterocycles. The number of carbonyl (C=O) groups excluding carboxylic acids is 1. The Kier molecular flexibility index (Phi) is 6.52. The summed E-state index contributed by atoms with van der Waals surface area (Å²) in [5.74, 6) is 2.73. The Morgan fingerprint density at radius 1 is 1.27 bits per heavy atom. The molecule has 0 unspecified atom stereocenters. The smallest absolute Gasteiger partial charge is 0.317 e. The summed E-state index contributed by atoms with van der Waals surface area (Å²) < 4.78 is 12.0. The second-order valence-corrected chi connectivity index (χ2v) is 8.95. The molecule has 164 valence electrons. The van der Waals surface area contributed by atoms with Crippen molar-refractivity contribution in [2.75, 3.05) is 33.8 Å². The number of ether oxygens (including phenoxy) is 1. The fraction of sp³-hybridized carbons (Fsp3) is 0.625. The van der Waals surface area contributed by atoms with Gasteiger partial charge >= 0.3 is 6.03 Å². The predicted molar refractivity (Wildman–Crippen MR) is 119 cm³/mol. The summed E-state index contributed by atoms with van der Waals surface area (Å²) in [6.45, 7) is 5.76. The van der Waals surface area contributed by atoms with Crippen LogP contribution in [0, 0.1) is 5.92 Å². The molecule has 2 amide bonds. The molecule has 6 nitrogen and oxygen atoms in total. The molecule has 1 aromatic carbocycles. The van der Waals surface area contributed by atoms with Gasteiger partial charge in [0.25, 0.3) is 0 Å². The lowest BCUT2D eigenvalue weighted by molar-refractivity contribution is 0.187. The number of hydrogen-bond acceptors (Lipinski definition) is 4. The zero-order valence-corrected chi connectivity index (χ0v) is 18.6. The van der Waals surface area contributed by atoms with E-state index in [4.69, 9.17) is 9.15 Å². The molecule has 6 heteroatoms. The zero-order chi connectivity index (χ0) is 21.1. The summed E-state index contributed by atoms with van der Waals surface area (Å²) in [4.78, 5) is 16.0. The van der Waals surface area contributed by atoms with E-state index in [0.29, 0.717) is 12.6 Å². The van der Waals surface area contributed by atoms with Crippen molar-refractivity contribution < 1.29 is 13.9 Å². The molecule has 1 aromatic heterocycles. The summed E-state index contributed by atoms with van der Waals surface area (Å²) in [6.07, 6.45) is 6.88. The SMILES string of the molecule is CCOc1cccc2c3c(oc12)CN(CCC1CCC(NC(=O)N(C)C)CC1)CC3. The van der Waals surface area contributed by atoms with Crippen LogP contribution in [0.4, 0.5) is 4.79 Å². The normalized spacial score (nSPS) is 22.0. The second-order valence-electron chi connectivity index (χ2n) is 8.95. The molecule has 1 N–H and O–H groups in total. The average molecular weight is 414 g/mol. The van der Waals surface area contributed by atoms with Crippen LogP contribution in [-0.2, 0) is 13.0 Å². The van der Waals surface area contributed by atoms with Gasteiger partial charge in [0.1, 0.15) is 5.76 Å². The van der Waals surface area contributed by atoms with Gasteiger partial charge in [-0.25, -0.2) is 4.79 Å². The monoisotopic (exact) mass is 413 g/mol. The summed E-state index contributed by atoms with van der Waals surface area (Å²) >= 11 is 0. The zero-order valence-electron chi connectivity index (χ0n) is 18.6. The number of nitrogens with zero attached hydrogens (tertiary/aromatic N) is 2. The summed E-state index contributed by atoms with van der Waals surface area (Å²) in [5.41, 5.74) is 2.27. The van der Waals surface area contributed by atoms with Crippen LogP contribution in [0.25, 0.3) is 11.0 Å². The minimum atomic E-state index is 0.0286. The number of nitrogens with one attached hydrogen (secondary N) is 1. The van der Waals surface area contributed by atoms with Gasteiger partial charge in [0.05, 0.1) is 13.2 Å². The van der Waals surface area contributed by atoms with Crippen LogP contribution >= 0.6 is 0 Å². The van der Waals surface area contributed by atoms with Crippen molar-refractivity contribution in [3.8, 4) is 5.75 Å². The van der Waals surface area contributed by atoms with Crippen LogP contribution in [-0.4, -0.2) is 55.7 Å². The molecule has 0 spiro atoms. The third kappa shape index (κ3) is 4.59. The Morgan fingerprint density at radius 3 is 2.80 bits per heavy atom. The van der Waals surface area contributed by atoms with E-state index >= 15 is 0 Å².